The first kappa shape index (κ1) is 55.2. The van der Waals surface area contributed by atoms with Crippen LogP contribution in [0.4, 0.5) is 23.0 Å². The Morgan fingerprint density at radius 2 is 0.943 bits per heavy atom. The van der Waals surface area contributed by atoms with Crippen LogP contribution in [0.2, 0.25) is 20.1 Å². The number of hydrogen-bond donors (Lipinski definition) is 4. The zero-order valence-corrected chi connectivity index (χ0v) is 43.1. The highest BCUT2D eigenvalue weighted by molar-refractivity contribution is 8.14. The van der Waals surface area contributed by atoms with E-state index in [0.29, 0.717) is 17.3 Å². The summed E-state index contributed by atoms with van der Waals surface area (Å²) in [6.07, 6.45) is 3.02. The van der Waals surface area contributed by atoms with Crippen molar-refractivity contribution in [2.45, 2.75) is 22.9 Å². The van der Waals surface area contributed by atoms with E-state index >= 15 is 0 Å². The third kappa shape index (κ3) is 15.1. The van der Waals surface area contributed by atoms with Crippen LogP contribution in [-0.4, -0.2) is 51.0 Å². The Labute approximate surface area is 436 Å². The van der Waals surface area contributed by atoms with Gasteiger partial charge in [0.25, 0.3) is 9.05 Å². The summed E-state index contributed by atoms with van der Waals surface area (Å²) in [5.74, 6) is 2.81. The van der Waals surface area contributed by atoms with Crippen molar-refractivity contribution in [1.82, 2.24) is 24.7 Å². The van der Waals surface area contributed by atoms with E-state index in [1.54, 1.807) is 26.6 Å². The highest BCUT2D eigenvalue weighted by Crippen LogP contribution is 2.33. The Balaban J connectivity index is 0.000000218. The van der Waals surface area contributed by atoms with Gasteiger partial charge in [-0.05, 0) is 78.4 Å². The number of quaternary nitrogens is 1. The number of hydrogen-bond acceptors (Lipinski definition) is 12. The number of nitrogens with one attached hydrogen (secondary N) is 3. The molecule has 2 aromatic heterocycles. The lowest BCUT2D eigenvalue weighted by Gasteiger charge is -2.12. The van der Waals surface area contributed by atoms with Gasteiger partial charge in [-0.2, -0.15) is 0 Å². The second-order valence-electron chi connectivity index (χ2n) is 14.2. The molecule has 0 saturated carbocycles. The second kappa shape index (κ2) is 25.9. The second-order valence-corrected chi connectivity index (χ2v) is 20.1. The number of methoxy groups -OCH3 is 2. The largest absolute Gasteiger partial charge is 1.00 e. The summed E-state index contributed by atoms with van der Waals surface area (Å²) >= 11 is 23.2. The first-order chi connectivity index (χ1) is 33.1. The Hall–Kier alpha value is -5.76. The summed E-state index contributed by atoms with van der Waals surface area (Å²) in [5.41, 5.74) is 10.8. The van der Waals surface area contributed by atoms with E-state index in [-0.39, 0.29) is 48.8 Å². The molecule has 6 N–H and O–H groups in total. The lowest BCUT2D eigenvalue weighted by Crippen LogP contribution is -3.00. The van der Waals surface area contributed by atoms with Crippen LogP contribution in [0.15, 0.2) is 168 Å². The van der Waals surface area contributed by atoms with Crippen molar-refractivity contribution >= 4 is 99.2 Å². The van der Waals surface area contributed by atoms with E-state index in [0.717, 1.165) is 51.9 Å². The fourth-order valence-electron chi connectivity index (χ4n) is 6.42. The van der Waals surface area contributed by atoms with Gasteiger partial charge < -0.3 is 38.2 Å². The van der Waals surface area contributed by atoms with Gasteiger partial charge in [0.15, 0.2) is 0 Å². The van der Waals surface area contributed by atoms with Crippen molar-refractivity contribution in [3.8, 4) is 34.0 Å². The maximum atomic E-state index is 12.7. The van der Waals surface area contributed by atoms with Gasteiger partial charge in [0.2, 0.25) is 10.0 Å². The Kier molecular flexibility index (Phi) is 20.4. The maximum Gasteiger partial charge on any atom is 0.264 e. The molecule has 364 valence electrons. The van der Waals surface area contributed by atoms with Crippen molar-refractivity contribution < 1.29 is 44.5 Å². The third-order valence-corrected chi connectivity index (χ3v) is 14.2. The predicted octanol–water partition coefficient (Wildman–Crippen LogP) is 8.24. The van der Waals surface area contributed by atoms with E-state index in [1.165, 1.54) is 42.2 Å². The summed E-state index contributed by atoms with van der Waals surface area (Å²) in [4.78, 5) is 16.9. The van der Waals surface area contributed by atoms with Gasteiger partial charge in [-0.15, -0.1) is 0 Å². The summed E-state index contributed by atoms with van der Waals surface area (Å²) in [6, 6.07) is 43.4. The standard InChI is InChI=1S/C24H20Cl2N4O3S.C18H18N4O.C6H3Cl3O2S.ClH/c1-33-22-11-3-2-8-18(22)21-13-23(28-15-27-21)30-17-7-4-6-16(12-17)14-29-34(31,32)24-19(25)9-5-10-20(24)26;1-23-17-8-3-2-7-15(17)16-10-18(21-12-20-16)22-14-6-4-5-13(9-14)11-19;7-4-2-1-3-5(8)6(4)12(9,10)11;/h2-13,15,29H,14H2,1H3,(H,27,28,30);2-10,12H,11,19H2,1H3,(H,20,21,22);1-3H;1H. The molecule has 8 rings (SSSR count). The molecule has 70 heavy (non-hydrogen) atoms. The molecular weight excluding hydrogens is 1060 g/mol. The number of sulfonamides is 1. The van der Waals surface area contributed by atoms with Crippen molar-refractivity contribution in [3.63, 3.8) is 0 Å². The van der Waals surface area contributed by atoms with Gasteiger partial charge in [-0.3, -0.25) is 0 Å². The molecule has 0 saturated heterocycles. The monoisotopic (exact) mass is 1100 g/mol. The number of aromatic nitrogens is 4. The minimum absolute atomic E-state index is 0. The molecule has 22 heteroatoms. The van der Waals surface area contributed by atoms with Gasteiger partial charge in [0, 0.05) is 57.4 Å². The number of benzene rings is 6. The van der Waals surface area contributed by atoms with Crippen molar-refractivity contribution in [2.24, 2.45) is 0 Å². The molecule has 0 amide bonds. The molecule has 0 aliphatic heterocycles. The SMILES string of the molecule is COc1ccccc1-c1cc(Nc2cccc(CNS(=O)(=O)c3c(Cl)cccc3Cl)c2)ncn1.COc1ccccc1-c1cc(Nc2cccc(C[NH3+])c2)ncn1.O=S(=O)(Cl)c1c(Cl)cccc1Cl.[Cl-]. The number of halogens is 6. The molecule has 0 atom stereocenters. The topological polar surface area (TPSA) is 202 Å². The molecule has 14 nitrogen and oxygen atoms in total. The van der Waals surface area contributed by atoms with Gasteiger partial charge >= 0.3 is 0 Å². The fraction of sp³-hybridized carbons (Fsp3) is 0.0833. The maximum absolute atomic E-state index is 12.7. The number of para-hydroxylation sites is 2. The highest BCUT2D eigenvalue weighted by Gasteiger charge is 2.22. The number of rotatable bonds is 14. The van der Waals surface area contributed by atoms with Gasteiger partial charge in [0.05, 0.1) is 52.2 Å². The molecule has 8 aromatic rings. The molecule has 0 radical (unpaired) electrons. The van der Waals surface area contributed by atoms with Crippen molar-refractivity contribution in [3.05, 3.63) is 189 Å². The van der Waals surface area contributed by atoms with E-state index in [9.17, 15) is 16.8 Å². The first-order valence-corrected chi connectivity index (χ1v) is 25.6. The molecule has 0 aliphatic rings. The van der Waals surface area contributed by atoms with Gasteiger partial charge in [0.1, 0.15) is 45.6 Å². The summed E-state index contributed by atoms with van der Waals surface area (Å²) in [6.45, 7) is 0.807. The van der Waals surface area contributed by atoms with Crippen LogP contribution < -0.4 is 43.0 Å². The van der Waals surface area contributed by atoms with Gasteiger partial charge in [-0.1, -0.05) is 107 Å². The van der Waals surface area contributed by atoms with Crippen LogP contribution in [0.5, 0.6) is 11.5 Å². The van der Waals surface area contributed by atoms with Crippen LogP contribution in [-0.2, 0) is 32.2 Å². The first-order valence-electron chi connectivity index (χ1n) is 20.3. The molecule has 2 heterocycles. The molecule has 0 spiro atoms. The smallest absolute Gasteiger partial charge is 0.264 e. The normalized spacial score (nSPS) is 10.9. The van der Waals surface area contributed by atoms with Gasteiger partial charge in [-0.25, -0.2) is 41.5 Å². The van der Waals surface area contributed by atoms with Crippen LogP contribution >= 0.6 is 57.1 Å². The quantitative estimate of drug-likeness (QED) is 0.0761. The number of ether oxygens (including phenoxy) is 2. The Morgan fingerprint density at radius 1 is 0.529 bits per heavy atom. The lowest BCUT2D eigenvalue weighted by molar-refractivity contribution is -0.386. The van der Waals surface area contributed by atoms with E-state index < -0.39 is 19.1 Å². The molecular formula is C48H42Cl6N8O6S2. The molecule has 0 fully saturated rings. The van der Waals surface area contributed by atoms with Crippen molar-refractivity contribution in [2.75, 3.05) is 24.9 Å². The molecule has 6 aromatic carbocycles. The molecule has 0 aliphatic carbocycles. The van der Waals surface area contributed by atoms with Crippen LogP contribution in [0.1, 0.15) is 11.1 Å². The number of anilines is 4. The van der Waals surface area contributed by atoms with E-state index in [2.05, 4.69) is 53.2 Å². The zero-order chi connectivity index (χ0) is 49.6. The van der Waals surface area contributed by atoms with E-state index in [4.69, 9.17) is 66.6 Å². The fourth-order valence-corrected chi connectivity index (χ4v) is 10.9. The van der Waals surface area contributed by atoms with Crippen LogP contribution in [0, 0.1) is 0 Å². The minimum Gasteiger partial charge on any atom is -1.00 e. The average molecular weight is 1100 g/mol. The number of nitrogens with zero attached hydrogens (tertiary/aromatic N) is 4. The molecule has 0 unspecified atom stereocenters. The Bertz CT molecular complexity index is 3250. The highest BCUT2D eigenvalue weighted by atomic mass is 35.7. The predicted molar refractivity (Wildman–Crippen MR) is 274 cm³/mol. The zero-order valence-electron chi connectivity index (χ0n) is 37.0. The Morgan fingerprint density at radius 3 is 1.37 bits per heavy atom. The van der Waals surface area contributed by atoms with Crippen LogP contribution in [0.3, 0.4) is 0 Å². The average Bonchev–Trinajstić information content (AvgIpc) is 3.33. The summed E-state index contributed by atoms with van der Waals surface area (Å²) < 4.78 is 60.6. The van der Waals surface area contributed by atoms with Crippen molar-refractivity contribution in [1.29, 1.82) is 0 Å². The van der Waals surface area contributed by atoms with E-state index in [1.807, 2.05) is 97.1 Å². The summed E-state index contributed by atoms with van der Waals surface area (Å²) in [7, 11) is 0.581. The molecule has 0 bridgehead atoms. The lowest BCUT2D eigenvalue weighted by atomic mass is 10.1. The summed E-state index contributed by atoms with van der Waals surface area (Å²) in [5, 5.41) is 6.71. The van der Waals surface area contributed by atoms with Crippen LogP contribution in [0.25, 0.3) is 22.5 Å². The third-order valence-electron chi connectivity index (χ3n) is 9.60. The minimum atomic E-state index is -3.90.